The third-order valence-electron chi connectivity index (χ3n) is 4.12. The van der Waals surface area contributed by atoms with Gasteiger partial charge in [-0.15, -0.1) is 5.10 Å². The standard InChI is InChI=1S/C18H22N2O3/c1-11(2)15-8-12-5-4-6-23-10-13-7-14(22-3)9-16(21)17(13)18(12)20-19-15/h7-9,11,21H,4-6,10H2,1-3H3. The first-order chi connectivity index (χ1) is 11.1. The summed E-state index contributed by atoms with van der Waals surface area (Å²) in [6, 6.07) is 5.60. The molecule has 5 heteroatoms. The van der Waals surface area contributed by atoms with Gasteiger partial charge in [-0.05, 0) is 42.0 Å². The van der Waals surface area contributed by atoms with Crippen LogP contribution >= 0.6 is 0 Å². The topological polar surface area (TPSA) is 64.5 Å². The second-order valence-electron chi connectivity index (χ2n) is 6.13. The number of aryl methyl sites for hydroxylation is 1. The zero-order chi connectivity index (χ0) is 16.4. The van der Waals surface area contributed by atoms with Crippen molar-refractivity contribution in [3.63, 3.8) is 0 Å². The summed E-state index contributed by atoms with van der Waals surface area (Å²) in [6.07, 6.45) is 1.78. The lowest BCUT2D eigenvalue weighted by atomic mass is 9.96. The van der Waals surface area contributed by atoms with Crippen molar-refractivity contribution in [2.24, 2.45) is 0 Å². The van der Waals surface area contributed by atoms with E-state index in [9.17, 15) is 5.11 Å². The average Bonchev–Trinajstić information content (AvgIpc) is 2.62. The molecule has 0 fully saturated rings. The third kappa shape index (κ3) is 3.15. The van der Waals surface area contributed by atoms with Gasteiger partial charge in [0.05, 0.1) is 19.4 Å². The fourth-order valence-corrected chi connectivity index (χ4v) is 2.84. The highest BCUT2D eigenvalue weighted by molar-refractivity contribution is 5.74. The Labute approximate surface area is 136 Å². The van der Waals surface area contributed by atoms with Crippen molar-refractivity contribution in [3.8, 4) is 22.8 Å². The lowest BCUT2D eigenvalue weighted by molar-refractivity contribution is 0.119. The highest BCUT2D eigenvalue weighted by atomic mass is 16.5. The molecule has 1 aromatic heterocycles. The molecule has 0 bridgehead atoms. The molecule has 0 spiro atoms. The van der Waals surface area contributed by atoms with Crippen LogP contribution in [0.15, 0.2) is 18.2 Å². The highest BCUT2D eigenvalue weighted by Crippen LogP contribution is 2.38. The highest BCUT2D eigenvalue weighted by Gasteiger charge is 2.20. The minimum absolute atomic E-state index is 0.151. The number of hydrogen-bond donors (Lipinski definition) is 1. The van der Waals surface area contributed by atoms with Crippen LogP contribution in [-0.2, 0) is 17.8 Å². The molecule has 0 atom stereocenters. The summed E-state index contributed by atoms with van der Waals surface area (Å²) in [5.41, 5.74) is 4.39. The molecule has 0 saturated heterocycles. The molecule has 23 heavy (non-hydrogen) atoms. The fraction of sp³-hybridized carbons (Fsp3) is 0.444. The van der Waals surface area contributed by atoms with Crippen molar-refractivity contribution in [2.45, 2.75) is 39.2 Å². The van der Waals surface area contributed by atoms with Gasteiger partial charge < -0.3 is 14.6 Å². The molecule has 0 amide bonds. The van der Waals surface area contributed by atoms with E-state index in [0.717, 1.165) is 35.4 Å². The van der Waals surface area contributed by atoms with Gasteiger partial charge >= 0.3 is 0 Å². The van der Waals surface area contributed by atoms with E-state index >= 15 is 0 Å². The SMILES string of the molecule is COc1cc(O)c2c(c1)COCCCc1cc(C(C)C)nnc1-2. The number of rotatable bonds is 2. The molecule has 1 N–H and O–H groups in total. The Morgan fingerprint density at radius 2 is 2.00 bits per heavy atom. The first kappa shape index (κ1) is 15.7. The van der Waals surface area contributed by atoms with Crippen LogP contribution in [0.4, 0.5) is 0 Å². The Morgan fingerprint density at radius 3 is 2.74 bits per heavy atom. The monoisotopic (exact) mass is 314 g/mol. The van der Waals surface area contributed by atoms with E-state index in [1.54, 1.807) is 13.2 Å². The summed E-state index contributed by atoms with van der Waals surface area (Å²) in [4.78, 5) is 0. The first-order valence-corrected chi connectivity index (χ1v) is 7.94. The van der Waals surface area contributed by atoms with Gasteiger partial charge in [-0.2, -0.15) is 5.10 Å². The second-order valence-corrected chi connectivity index (χ2v) is 6.13. The summed E-state index contributed by atoms with van der Waals surface area (Å²) in [7, 11) is 1.58. The summed E-state index contributed by atoms with van der Waals surface area (Å²) < 4.78 is 11.0. The van der Waals surface area contributed by atoms with Crippen LogP contribution in [-0.4, -0.2) is 29.0 Å². The first-order valence-electron chi connectivity index (χ1n) is 7.94. The lowest BCUT2D eigenvalue weighted by Gasteiger charge is -2.15. The Balaban J connectivity index is 2.20. The maximum Gasteiger partial charge on any atom is 0.129 e. The minimum atomic E-state index is 0.151. The van der Waals surface area contributed by atoms with E-state index < -0.39 is 0 Å². The van der Waals surface area contributed by atoms with Gasteiger partial charge in [0.2, 0.25) is 0 Å². The van der Waals surface area contributed by atoms with Crippen LogP contribution in [0.25, 0.3) is 11.3 Å². The van der Waals surface area contributed by atoms with Crippen molar-refractivity contribution < 1.29 is 14.6 Å². The maximum absolute atomic E-state index is 10.5. The van der Waals surface area contributed by atoms with E-state index in [4.69, 9.17) is 9.47 Å². The maximum atomic E-state index is 10.5. The number of aromatic hydroxyl groups is 1. The predicted octanol–water partition coefficient (Wildman–Crippen LogP) is 3.44. The fourth-order valence-electron chi connectivity index (χ4n) is 2.84. The van der Waals surface area contributed by atoms with Crippen molar-refractivity contribution in [1.82, 2.24) is 10.2 Å². The Bertz CT molecular complexity index is 714. The summed E-state index contributed by atoms with van der Waals surface area (Å²) in [6.45, 7) is 5.30. The van der Waals surface area contributed by atoms with Gasteiger partial charge in [-0.25, -0.2) is 0 Å². The third-order valence-corrected chi connectivity index (χ3v) is 4.12. The number of hydrogen-bond acceptors (Lipinski definition) is 5. The van der Waals surface area contributed by atoms with Crippen LogP contribution in [0.3, 0.4) is 0 Å². The zero-order valence-corrected chi connectivity index (χ0v) is 13.8. The molecule has 0 aliphatic carbocycles. The quantitative estimate of drug-likeness (QED) is 0.920. The van der Waals surface area contributed by atoms with E-state index in [0.29, 0.717) is 30.4 Å². The molecular formula is C18H22N2O3. The van der Waals surface area contributed by atoms with E-state index in [2.05, 4.69) is 30.1 Å². The smallest absolute Gasteiger partial charge is 0.129 e. The van der Waals surface area contributed by atoms with E-state index in [-0.39, 0.29) is 5.75 Å². The molecule has 0 saturated carbocycles. The van der Waals surface area contributed by atoms with Crippen molar-refractivity contribution in [3.05, 3.63) is 35.0 Å². The lowest BCUT2D eigenvalue weighted by Crippen LogP contribution is -2.03. The molecule has 0 unspecified atom stereocenters. The Morgan fingerprint density at radius 1 is 1.17 bits per heavy atom. The van der Waals surface area contributed by atoms with Gasteiger partial charge in [0, 0.05) is 18.2 Å². The summed E-state index contributed by atoms with van der Waals surface area (Å²) in [5.74, 6) is 1.08. The molecule has 5 nitrogen and oxygen atoms in total. The van der Waals surface area contributed by atoms with Crippen LogP contribution in [0.1, 0.15) is 43.0 Å². The molecule has 122 valence electrons. The van der Waals surface area contributed by atoms with Crippen molar-refractivity contribution in [1.29, 1.82) is 0 Å². The number of ether oxygens (including phenoxy) is 2. The van der Waals surface area contributed by atoms with Crippen LogP contribution in [0.2, 0.25) is 0 Å². The molecule has 1 aliphatic heterocycles. The normalized spacial score (nSPS) is 14.4. The number of phenols is 1. The van der Waals surface area contributed by atoms with Crippen molar-refractivity contribution >= 4 is 0 Å². The number of nitrogens with zero attached hydrogens (tertiary/aromatic N) is 2. The van der Waals surface area contributed by atoms with Gasteiger partial charge in [-0.1, -0.05) is 13.8 Å². The van der Waals surface area contributed by atoms with E-state index in [1.807, 2.05) is 6.07 Å². The minimum Gasteiger partial charge on any atom is -0.507 e. The number of phenolic OH excluding ortho intramolecular Hbond substituents is 1. The largest absolute Gasteiger partial charge is 0.507 e. The average molecular weight is 314 g/mol. The van der Waals surface area contributed by atoms with Crippen LogP contribution in [0.5, 0.6) is 11.5 Å². The number of benzene rings is 1. The molecule has 3 rings (SSSR count). The van der Waals surface area contributed by atoms with Crippen LogP contribution < -0.4 is 4.74 Å². The predicted molar refractivity (Wildman–Crippen MR) is 87.8 cm³/mol. The molecule has 2 heterocycles. The van der Waals surface area contributed by atoms with E-state index in [1.165, 1.54) is 0 Å². The van der Waals surface area contributed by atoms with Crippen molar-refractivity contribution in [2.75, 3.05) is 13.7 Å². The Hall–Kier alpha value is -2.14. The number of methoxy groups -OCH3 is 1. The number of aromatic nitrogens is 2. The second kappa shape index (κ2) is 6.54. The molecule has 1 aliphatic rings. The zero-order valence-electron chi connectivity index (χ0n) is 13.8. The molecular weight excluding hydrogens is 292 g/mol. The van der Waals surface area contributed by atoms with Crippen LogP contribution in [0, 0.1) is 0 Å². The summed E-state index contributed by atoms with van der Waals surface area (Å²) in [5, 5.41) is 19.3. The van der Waals surface area contributed by atoms with Gasteiger partial charge in [0.1, 0.15) is 17.2 Å². The molecule has 1 aromatic carbocycles. The summed E-state index contributed by atoms with van der Waals surface area (Å²) >= 11 is 0. The molecule has 0 radical (unpaired) electrons. The Kier molecular flexibility index (Phi) is 4.48. The van der Waals surface area contributed by atoms with Gasteiger partial charge in [-0.3, -0.25) is 0 Å². The van der Waals surface area contributed by atoms with Gasteiger partial charge in [0.25, 0.3) is 0 Å². The van der Waals surface area contributed by atoms with Gasteiger partial charge in [0.15, 0.2) is 0 Å². The molecule has 2 aromatic rings. The number of fused-ring (bicyclic) bond motifs is 3.